The molecule has 0 saturated heterocycles. The van der Waals surface area contributed by atoms with Crippen molar-refractivity contribution in [2.24, 2.45) is 0 Å². The van der Waals surface area contributed by atoms with E-state index < -0.39 is 11.9 Å². The third kappa shape index (κ3) is 1.85. The lowest BCUT2D eigenvalue weighted by Gasteiger charge is -2.14. The van der Waals surface area contributed by atoms with Gasteiger partial charge in [-0.2, -0.15) is 5.26 Å². The molecule has 1 atom stereocenters. The van der Waals surface area contributed by atoms with Crippen LogP contribution in [0.2, 0.25) is 0 Å². The Hall–Kier alpha value is -1.93. The summed E-state index contributed by atoms with van der Waals surface area (Å²) in [6.45, 7) is 4.13. The van der Waals surface area contributed by atoms with Gasteiger partial charge >= 0.3 is 0 Å². The normalized spacial score (nSPS) is 17.8. The van der Waals surface area contributed by atoms with E-state index in [-0.39, 0.29) is 18.1 Å². The maximum atomic E-state index is 14.0. The molecule has 0 aliphatic carbocycles. The smallest absolute Gasteiger partial charge is 0.249 e. The summed E-state index contributed by atoms with van der Waals surface area (Å²) in [7, 11) is 0. The van der Waals surface area contributed by atoms with Crippen molar-refractivity contribution < 1.29 is 9.18 Å². The standard InChI is InChI=1S/C13H14FN3O/c1-3-16-11-9-6-8(2)7-10(14)12(9)17(5-4-15)13(11)18/h6-7,11,16H,3,5H2,1-2H3. The Morgan fingerprint density at radius 3 is 2.89 bits per heavy atom. The molecule has 18 heavy (non-hydrogen) atoms. The minimum Gasteiger partial charge on any atom is -0.302 e. The van der Waals surface area contributed by atoms with Crippen LogP contribution in [0.5, 0.6) is 0 Å². The van der Waals surface area contributed by atoms with E-state index >= 15 is 0 Å². The first-order valence-corrected chi connectivity index (χ1v) is 5.82. The lowest BCUT2D eigenvalue weighted by atomic mass is 10.0. The maximum Gasteiger partial charge on any atom is 0.249 e. The molecule has 94 valence electrons. The summed E-state index contributed by atoms with van der Waals surface area (Å²) < 4.78 is 14.0. The molecule has 5 heteroatoms. The van der Waals surface area contributed by atoms with Gasteiger partial charge in [0.1, 0.15) is 18.4 Å². The molecule has 1 amide bonds. The van der Waals surface area contributed by atoms with Crippen LogP contribution in [-0.4, -0.2) is 19.0 Å². The number of anilines is 1. The van der Waals surface area contributed by atoms with Crippen molar-refractivity contribution in [2.45, 2.75) is 19.9 Å². The number of benzene rings is 1. The molecule has 1 heterocycles. The summed E-state index contributed by atoms with van der Waals surface area (Å²) in [5.74, 6) is -0.716. The quantitative estimate of drug-likeness (QED) is 0.826. The Morgan fingerprint density at radius 1 is 1.56 bits per heavy atom. The zero-order valence-corrected chi connectivity index (χ0v) is 10.3. The van der Waals surface area contributed by atoms with Crippen molar-refractivity contribution in [3.8, 4) is 6.07 Å². The monoisotopic (exact) mass is 247 g/mol. The van der Waals surface area contributed by atoms with Gasteiger partial charge in [0.15, 0.2) is 0 Å². The number of carbonyl (C=O) groups is 1. The highest BCUT2D eigenvalue weighted by molar-refractivity contribution is 6.05. The zero-order chi connectivity index (χ0) is 13.3. The Kier molecular flexibility index (Phi) is 3.30. The molecule has 0 fully saturated rings. The van der Waals surface area contributed by atoms with Crippen molar-refractivity contribution in [1.29, 1.82) is 5.26 Å². The minimum atomic E-state index is -0.548. The first kappa shape index (κ1) is 12.5. The minimum absolute atomic E-state index is 0.131. The molecule has 2 rings (SSSR count). The molecular weight excluding hydrogens is 233 g/mol. The lowest BCUT2D eigenvalue weighted by molar-refractivity contribution is -0.119. The van der Waals surface area contributed by atoms with Crippen LogP contribution in [0.4, 0.5) is 10.1 Å². The first-order valence-electron chi connectivity index (χ1n) is 5.82. The number of halogens is 1. The Bertz CT molecular complexity index is 536. The van der Waals surface area contributed by atoms with E-state index in [9.17, 15) is 9.18 Å². The Balaban J connectivity index is 2.56. The summed E-state index contributed by atoms with van der Waals surface area (Å²) in [4.78, 5) is 13.4. The average Bonchev–Trinajstić information content (AvgIpc) is 2.56. The van der Waals surface area contributed by atoms with E-state index in [1.54, 1.807) is 13.0 Å². The van der Waals surface area contributed by atoms with E-state index in [0.717, 1.165) is 5.56 Å². The van der Waals surface area contributed by atoms with Crippen molar-refractivity contribution in [3.63, 3.8) is 0 Å². The molecular formula is C13H14FN3O. The van der Waals surface area contributed by atoms with Crippen LogP contribution in [0.15, 0.2) is 12.1 Å². The van der Waals surface area contributed by atoms with Gasteiger partial charge in [-0.05, 0) is 25.1 Å². The predicted molar refractivity (Wildman–Crippen MR) is 65.5 cm³/mol. The number of hydrogen-bond acceptors (Lipinski definition) is 3. The highest BCUT2D eigenvalue weighted by atomic mass is 19.1. The van der Waals surface area contributed by atoms with Gasteiger partial charge in [0.25, 0.3) is 0 Å². The molecule has 0 radical (unpaired) electrons. The van der Waals surface area contributed by atoms with Crippen molar-refractivity contribution in [1.82, 2.24) is 5.32 Å². The molecule has 1 unspecified atom stereocenters. The van der Waals surface area contributed by atoms with Crippen molar-refractivity contribution in [2.75, 3.05) is 18.0 Å². The van der Waals surface area contributed by atoms with Crippen LogP contribution in [0.25, 0.3) is 0 Å². The molecule has 1 aliphatic heterocycles. The Labute approximate surface area is 105 Å². The largest absolute Gasteiger partial charge is 0.302 e. The van der Waals surface area contributed by atoms with Gasteiger partial charge in [-0.25, -0.2) is 4.39 Å². The predicted octanol–water partition coefficient (Wildman–Crippen LogP) is 1.65. The second-order valence-corrected chi connectivity index (χ2v) is 4.26. The second-order valence-electron chi connectivity index (χ2n) is 4.26. The highest BCUT2D eigenvalue weighted by Gasteiger charge is 2.38. The fourth-order valence-corrected chi connectivity index (χ4v) is 2.29. The fourth-order valence-electron chi connectivity index (χ4n) is 2.29. The topological polar surface area (TPSA) is 56.1 Å². The molecule has 0 saturated carbocycles. The lowest BCUT2D eigenvalue weighted by Crippen LogP contribution is -2.35. The van der Waals surface area contributed by atoms with E-state index in [4.69, 9.17) is 5.26 Å². The molecule has 0 spiro atoms. The zero-order valence-electron chi connectivity index (χ0n) is 10.3. The fraction of sp³-hybridized carbons (Fsp3) is 0.385. The van der Waals surface area contributed by atoms with E-state index in [1.807, 2.05) is 13.0 Å². The number of amides is 1. The van der Waals surface area contributed by atoms with Crippen molar-refractivity contribution >= 4 is 11.6 Å². The van der Waals surface area contributed by atoms with Gasteiger partial charge in [0.2, 0.25) is 5.91 Å². The number of fused-ring (bicyclic) bond motifs is 1. The van der Waals surface area contributed by atoms with Crippen LogP contribution in [0.1, 0.15) is 24.1 Å². The number of aryl methyl sites for hydroxylation is 1. The number of nitrogens with zero attached hydrogens (tertiary/aromatic N) is 2. The van der Waals surface area contributed by atoms with E-state index in [0.29, 0.717) is 12.1 Å². The summed E-state index contributed by atoms with van der Waals surface area (Å²) >= 11 is 0. The molecule has 4 nitrogen and oxygen atoms in total. The number of carbonyl (C=O) groups excluding carboxylic acids is 1. The average molecular weight is 247 g/mol. The summed E-state index contributed by atoms with van der Waals surface area (Å²) in [6.07, 6.45) is 0. The number of nitrogens with one attached hydrogen (secondary N) is 1. The first-order chi connectivity index (χ1) is 8.60. The number of likely N-dealkylation sites (N-methyl/N-ethyl adjacent to an activating group) is 1. The molecule has 1 aromatic carbocycles. The summed E-state index contributed by atoms with van der Waals surface area (Å²) in [5, 5.41) is 11.8. The van der Waals surface area contributed by atoms with Crippen LogP contribution in [0.3, 0.4) is 0 Å². The third-order valence-electron chi connectivity index (χ3n) is 2.97. The summed E-state index contributed by atoms with van der Waals surface area (Å²) in [6, 6.07) is 4.52. The van der Waals surface area contributed by atoms with Crippen LogP contribution >= 0.6 is 0 Å². The second kappa shape index (κ2) is 4.75. The van der Waals surface area contributed by atoms with E-state index in [1.165, 1.54) is 11.0 Å². The van der Waals surface area contributed by atoms with Gasteiger partial charge in [0.05, 0.1) is 11.8 Å². The van der Waals surface area contributed by atoms with E-state index in [2.05, 4.69) is 5.32 Å². The third-order valence-corrected chi connectivity index (χ3v) is 2.97. The maximum absolute atomic E-state index is 14.0. The molecule has 1 aromatic rings. The number of rotatable bonds is 3. The molecule has 1 aliphatic rings. The van der Waals surface area contributed by atoms with Crippen molar-refractivity contribution in [3.05, 3.63) is 29.1 Å². The van der Waals surface area contributed by atoms with Gasteiger partial charge in [0, 0.05) is 5.56 Å². The van der Waals surface area contributed by atoms with Crippen LogP contribution in [-0.2, 0) is 4.79 Å². The SMILES string of the molecule is CCNC1C(=O)N(CC#N)c2c(F)cc(C)cc21. The van der Waals surface area contributed by atoms with Crippen LogP contribution in [0, 0.1) is 24.1 Å². The van der Waals surface area contributed by atoms with Gasteiger partial charge in [-0.15, -0.1) is 0 Å². The molecule has 0 bridgehead atoms. The number of hydrogen-bond donors (Lipinski definition) is 1. The molecule has 1 N–H and O–H groups in total. The Morgan fingerprint density at radius 2 is 2.28 bits per heavy atom. The highest BCUT2D eigenvalue weighted by Crippen LogP contribution is 2.38. The molecule has 0 aromatic heterocycles. The van der Waals surface area contributed by atoms with Gasteiger partial charge < -0.3 is 5.32 Å². The van der Waals surface area contributed by atoms with Gasteiger partial charge in [-0.1, -0.05) is 13.0 Å². The summed E-state index contributed by atoms with van der Waals surface area (Å²) in [5.41, 5.74) is 1.62. The van der Waals surface area contributed by atoms with Gasteiger partial charge in [-0.3, -0.25) is 9.69 Å². The van der Waals surface area contributed by atoms with Crippen LogP contribution < -0.4 is 10.2 Å². The number of nitriles is 1.